The standard InChI is InChI=1S/C26H28N2O4/c29-24(16-20-6-3-5-19-4-1-2-7-23(19)20)27-17-22-8-10-26(32-22)11-13-28(14-12-26)25(30)21-9-15-31-18-21/h1-7,9,15,18,22H,8,10-14,16-17H2,(H,27,29). The Morgan fingerprint density at radius 1 is 1.03 bits per heavy atom. The maximum absolute atomic E-state index is 12.6. The second-order valence-electron chi connectivity index (χ2n) is 8.88. The van der Waals surface area contributed by atoms with Crippen LogP contribution in [0.3, 0.4) is 0 Å². The van der Waals surface area contributed by atoms with E-state index in [1.807, 2.05) is 29.2 Å². The second-order valence-corrected chi connectivity index (χ2v) is 8.88. The molecule has 2 aliphatic heterocycles. The summed E-state index contributed by atoms with van der Waals surface area (Å²) in [6.45, 7) is 1.90. The predicted octanol–water partition coefficient (Wildman–Crippen LogP) is 3.95. The fourth-order valence-electron chi connectivity index (χ4n) is 5.00. The summed E-state index contributed by atoms with van der Waals surface area (Å²) >= 11 is 0. The molecule has 2 amide bonds. The molecule has 1 atom stereocenters. The maximum Gasteiger partial charge on any atom is 0.257 e. The molecule has 2 aromatic carbocycles. The molecule has 2 aliphatic rings. The molecule has 1 aromatic heterocycles. The van der Waals surface area contributed by atoms with Crippen molar-refractivity contribution >= 4 is 22.6 Å². The van der Waals surface area contributed by atoms with E-state index in [-0.39, 0.29) is 23.5 Å². The van der Waals surface area contributed by atoms with Crippen molar-refractivity contribution in [3.63, 3.8) is 0 Å². The number of fused-ring (bicyclic) bond motifs is 1. The Morgan fingerprint density at radius 3 is 2.66 bits per heavy atom. The molecule has 5 rings (SSSR count). The number of ether oxygens (including phenoxy) is 1. The zero-order chi connectivity index (χ0) is 22.0. The van der Waals surface area contributed by atoms with Crippen LogP contribution in [0.4, 0.5) is 0 Å². The van der Waals surface area contributed by atoms with Crippen LogP contribution in [0.2, 0.25) is 0 Å². The van der Waals surface area contributed by atoms with Crippen LogP contribution in [-0.4, -0.2) is 48.1 Å². The van der Waals surface area contributed by atoms with Crippen molar-refractivity contribution < 1.29 is 18.7 Å². The van der Waals surface area contributed by atoms with Gasteiger partial charge in [0.2, 0.25) is 5.91 Å². The first-order chi connectivity index (χ1) is 15.6. The van der Waals surface area contributed by atoms with E-state index in [4.69, 9.17) is 9.15 Å². The Kier molecular flexibility index (Phi) is 5.70. The topological polar surface area (TPSA) is 71.8 Å². The highest BCUT2D eigenvalue weighted by Gasteiger charge is 2.43. The summed E-state index contributed by atoms with van der Waals surface area (Å²) < 4.78 is 11.4. The van der Waals surface area contributed by atoms with E-state index in [2.05, 4.69) is 23.5 Å². The summed E-state index contributed by atoms with van der Waals surface area (Å²) in [5, 5.41) is 5.34. The minimum Gasteiger partial charge on any atom is -0.472 e. The zero-order valence-electron chi connectivity index (χ0n) is 18.1. The third-order valence-corrected chi connectivity index (χ3v) is 6.83. The Balaban J connectivity index is 1.11. The average Bonchev–Trinajstić information content (AvgIpc) is 3.49. The quantitative estimate of drug-likeness (QED) is 0.663. The van der Waals surface area contributed by atoms with E-state index >= 15 is 0 Å². The van der Waals surface area contributed by atoms with Crippen molar-refractivity contribution in [1.82, 2.24) is 10.2 Å². The Hall–Kier alpha value is -3.12. The Bertz CT molecular complexity index is 1090. The summed E-state index contributed by atoms with van der Waals surface area (Å²) in [7, 11) is 0. The summed E-state index contributed by atoms with van der Waals surface area (Å²) in [6, 6.07) is 15.9. The van der Waals surface area contributed by atoms with Crippen LogP contribution in [-0.2, 0) is 16.0 Å². The first-order valence-electron chi connectivity index (χ1n) is 11.3. The molecule has 32 heavy (non-hydrogen) atoms. The smallest absolute Gasteiger partial charge is 0.257 e. The molecule has 0 aliphatic carbocycles. The highest BCUT2D eigenvalue weighted by Crippen LogP contribution is 2.39. The van der Waals surface area contributed by atoms with Crippen LogP contribution < -0.4 is 5.32 Å². The van der Waals surface area contributed by atoms with Gasteiger partial charge in [0.15, 0.2) is 0 Å². The first-order valence-corrected chi connectivity index (χ1v) is 11.3. The molecule has 0 saturated carbocycles. The molecule has 1 spiro atoms. The van der Waals surface area contributed by atoms with Crippen molar-refractivity contribution in [2.45, 2.75) is 43.8 Å². The lowest BCUT2D eigenvalue weighted by atomic mass is 9.88. The predicted molar refractivity (Wildman–Crippen MR) is 121 cm³/mol. The van der Waals surface area contributed by atoms with E-state index in [1.54, 1.807) is 6.07 Å². The number of hydrogen-bond acceptors (Lipinski definition) is 4. The van der Waals surface area contributed by atoms with Crippen molar-refractivity contribution in [3.8, 4) is 0 Å². The van der Waals surface area contributed by atoms with Gasteiger partial charge in [-0.1, -0.05) is 42.5 Å². The van der Waals surface area contributed by atoms with Gasteiger partial charge in [0.1, 0.15) is 6.26 Å². The summed E-state index contributed by atoms with van der Waals surface area (Å²) in [4.78, 5) is 27.0. The molecular weight excluding hydrogens is 404 g/mol. The van der Waals surface area contributed by atoms with Crippen LogP contribution in [0.15, 0.2) is 65.5 Å². The fraction of sp³-hybridized carbons (Fsp3) is 0.385. The average molecular weight is 433 g/mol. The maximum atomic E-state index is 12.6. The first kappa shape index (κ1) is 20.8. The van der Waals surface area contributed by atoms with E-state index in [1.165, 1.54) is 12.5 Å². The van der Waals surface area contributed by atoms with Gasteiger partial charge in [0.05, 0.1) is 30.0 Å². The highest BCUT2D eigenvalue weighted by atomic mass is 16.5. The molecule has 6 nitrogen and oxygen atoms in total. The van der Waals surface area contributed by atoms with Crippen LogP contribution in [0, 0.1) is 0 Å². The van der Waals surface area contributed by atoms with Gasteiger partial charge in [-0.15, -0.1) is 0 Å². The summed E-state index contributed by atoms with van der Waals surface area (Å²) in [5.74, 6) is 0.0373. The van der Waals surface area contributed by atoms with Crippen LogP contribution >= 0.6 is 0 Å². The van der Waals surface area contributed by atoms with Crippen LogP contribution in [0.1, 0.15) is 41.6 Å². The molecule has 2 fully saturated rings. The van der Waals surface area contributed by atoms with Crippen molar-refractivity contribution in [2.75, 3.05) is 19.6 Å². The van der Waals surface area contributed by atoms with Gasteiger partial charge in [0.25, 0.3) is 5.91 Å². The van der Waals surface area contributed by atoms with Crippen molar-refractivity contribution in [2.24, 2.45) is 0 Å². The second kappa shape index (κ2) is 8.79. The van der Waals surface area contributed by atoms with Crippen molar-refractivity contribution in [3.05, 3.63) is 72.2 Å². The number of amides is 2. The number of piperidine rings is 1. The number of furan rings is 1. The lowest BCUT2D eigenvalue weighted by Gasteiger charge is -2.39. The molecule has 1 unspecified atom stereocenters. The normalized spacial score (nSPS) is 20.0. The molecule has 166 valence electrons. The highest BCUT2D eigenvalue weighted by molar-refractivity contribution is 5.94. The van der Waals surface area contributed by atoms with Gasteiger partial charge in [-0.25, -0.2) is 0 Å². The molecule has 0 bridgehead atoms. The third kappa shape index (κ3) is 4.28. The van der Waals surface area contributed by atoms with Gasteiger partial charge in [0, 0.05) is 19.6 Å². The number of benzene rings is 2. The monoisotopic (exact) mass is 432 g/mol. The summed E-state index contributed by atoms with van der Waals surface area (Å²) in [6.07, 6.45) is 6.99. The van der Waals surface area contributed by atoms with Gasteiger partial charge in [-0.3, -0.25) is 9.59 Å². The van der Waals surface area contributed by atoms with Gasteiger partial charge in [-0.05, 0) is 48.1 Å². The third-order valence-electron chi connectivity index (χ3n) is 6.83. The minimum absolute atomic E-state index is 0.0175. The molecule has 1 N–H and O–H groups in total. The van der Waals surface area contributed by atoms with Crippen molar-refractivity contribution in [1.29, 1.82) is 0 Å². The Labute approximate surface area is 187 Å². The number of carbonyl (C=O) groups excluding carboxylic acids is 2. The molecule has 6 heteroatoms. The van der Waals surface area contributed by atoms with Crippen LogP contribution in [0.25, 0.3) is 10.8 Å². The van der Waals surface area contributed by atoms with Gasteiger partial charge in [-0.2, -0.15) is 0 Å². The van der Waals surface area contributed by atoms with E-state index < -0.39 is 0 Å². The number of hydrogen-bond donors (Lipinski definition) is 1. The number of nitrogens with one attached hydrogen (secondary N) is 1. The SMILES string of the molecule is O=C(Cc1cccc2ccccc12)NCC1CCC2(CCN(C(=O)c3ccoc3)CC2)O1. The largest absolute Gasteiger partial charge is 0.472 e. The number of nitrogens with zero attached hydrogens (tertiary/aromatic N) is 1. The molecule has 3 aromatic rings. The molecule has 0 radical (unpaired) electrons. The zero-order valence-corrected chi connectivity index (χ0v) is 18.1. The lowest BCUT2D eigenvalue weighted by molar-refractivity contribution is -0.122. The number of rotatable bonds is 5. The Morgan fingerprint density at radius 2 is 1.84 bits per heavy atom. The van der Waals surface area contributed by atoms with Gasteiger partial charge >= 0.3 is 0 Å². The van der Waals surface area contributed by atoms with E-state index in [0.717, 1.165) is 42.0 Å². The van der Waals surface area contributed by atoms with E-state index in [9.17, 15) is 9.59 Å². The van der Waals surface area contributed by atoms with E-state index in [0.29, 0.717) is 31.6 Å². The molecular formula is C26H28N2O4. The molecule has 2 saturated heterocycles. The van der Waals surface area contributed by atoms with Crippen LogP contribution in [0.5, 0.6) is 0 Å². The number of likely N-dealkylation sites (tertiary alicyclic amines) is 1. The fourth-order valence-corrected chi connectivity index (χ4v) is 5.00. The lowest BCUT2D eigenvalue weighted by Crippen LogP contribution is -2.47. The van der Waals surface area contributed by atoms with Gasteiger partial charge < -0.3 is 19.4 Å². The number of carbonyl (C=O) groups is 2. The summed E-state index contributed by atoms with van der Waals surface area (Å²) in [5.41, 5.74) is 1.47. The molecule has 3 heterocycles. The minimum atomic E-state index is -0.168.